The lowest BCUT2D eigenvalue weighted by molar-refractivity contribution is 0.0900. The Morgan fingerprint density at radius 1 is 0.769 bits per heavy atom. The summed E-state index contributed by atoms with van der Waals surface area (Å²) in [4.78, 5) is 0. The number of rotatable bonds is 3. The molecular weight excluding hydrogens is 322 g/mol. The summed E-state index contributed by atoms with van der Waals surface area (Å²) in [7, 11) is 0. The van der Waals surface area contributed by atoms with Crippen LogP contribution in [-0.4, -0.2) is 15.0 Å². The summed E-state index contributed by atoms with van der Waals surface area (Å²) in [5.41, 5.74) is 3.50. The van der Waals surface area contributed by atoms with Crippen molar-refractivity contribution < 1.29 is 4.74 Å². The Bertz CT molecular complexity index is 1040. The van der Waals surface area contributed by atoms with Crippen LogP contribution in [0.5, 0.6) is 0 Å². The van der Waals surface area contributed by atoms with E-state index in [-0.39, 0.29) is 0 Å². The number of aromatic nitrogens is 3. The van der Waals surface area contributed by atoms with Gasteiger partial charge >= 0.3 is 0 Å². The Morgan fingerprint density at radius 3 is 2.08 bits per heavy atom. The lowest BCUT2D eigenvalue weighted by atomic mass is 9.84. The van der Waals surface area contributed by atoms with Gasteiger partial charge in [0.2, 0.25) is 5.88 Å². The molecule has 26 heavy (non-hydrogen) atoms. The molecule has 0 bridgehead atoms. The first-order chi connectivity index (χ1) is 12.9. The monoisotopic (exact) mass is 339 g/mol. The summed E-state index contributed by atoms with van der Waals surface area (Å²) >= 11 is 0. The smallest absolute Gasteiger partial charge is 0.213 e. The van der Waals surface area contributed by atoms with E-state index in [4.69, 9.17) is 4.74 Å². The fourth-order valence-corrected chi connectivity index (χ4v) is 3.59. The average molecular weight is 339 g/mol. The third kappa shape index (κ3) is 2.23. The molecule has 0 saturated heterocycles. The second kappa shape index (κ2) is 5.85. The molecule has 0 unspecified atom stereocenters. The Balaban J connectivity index is 1.62. The molecule has 0 spiro atoms. The zero-order valence-corrected chi connectivity index (χ0v) is 14.1. The fourth-order valence-electron chi connectivity index (χ4n) is 3.59. The van der Waals surface area contributed by atoms with Crippen LogP contribution >= 0.6 is 0 Å². The van der Waals surface area contributed by atoms with Crippen molar-refractivity contribution in [2.75, 3.05) is 0 Å². The van der Waals surface area contributed by atoms with E-state index in [1.807, 2.05) is 60.7 Å². The molecular formula is C22H17N3O. The number of para-hydroxylation sites is 1. The maximum atomic E-state index is 6.60. The fraction of sp³-hybridized carbons (Fsp3) is 0.0909. The highest BCUT2D eigenvalue weighted by molar-refractivity contribution is 5.77. The van der Waals surface area contributed by atoms with Crippen LogP contribution in [0.2, 0.25) is 0 Å². The van der Waals surface area contributed by atoms with Crippen molar-refractivity contribution in [1.29, 1.82) is 0 Å². The van der Waals surface area contributed by atoms with Crippen LogP contribution < -0.4 is 0 Å². The number of benzene rings is 3. The summed E-state index contributed by atoms with van der Waals surface area (Å²) in [6.07, 6.45) is 2.84. The molecule has 0 saturated carbocycles. The van der Waals surface area contributed by atoms with E-state index >= 15 is 0 Å². The quantitative estimate of drug-likeness (QED) is 0.548. The third-order valence-electron chi connectivity index (χ3n) is 4.88. The van der Waals surface area contributed by atoms with E-state index in [0.717, 1.165) is 28.6 Å². The Morgan fingerprint density at radius 2 is 1.38 bits per heavy atom. The van der Waals surface area contributed by atoms with Crippen molar-refractivity contribution >= 4 is 16.9 Å². The topological polar surface area (TPSA) is 39.9 Å². The maximum absolute atomic E-state index is 6.60. The van der Waals surface area contributed by atoms with Crippen LogP contribution in [0.4, 0.5) is 0 Å². The molecule has 2 heterocycles. The minimum absolute atomic E-state index is 0.551. The Kier molecular flexibility index (Phi) is 3.35. The first-order valence-corrected chi connectivity index (χ1v) is 8.68. The van der Waals surface area contributed by atoms with Gasteiger partial charge in [0.1, 0.15) is 5.52 Å². The number of ether oxygens (including phenoxy) is 1. The van der Waals surface area contributed by atoms with Crippen molar-refractivity contribution in [2.45, 2.75) is 12.0 Å². The van der Waals surface area contributed by atoms with E-state index in [0.29, 0.717) is 5.88 Å². The van der Waals surface area contributed by atoms with E-state index in [2.05, 4.69) is 40.7 Å². The van der Waals surface area contributed by atoms with E-state index in [9.17, 15) is 0 Å². The summed E-state index contributed by atoms with van der Waals surface area (Å²) in [5.74, 6) is 0.714. The minimum atomic E-state index is -0.551. The molecule has 0 amide bonds. The van der Waals surface area contributed by atoms with Gasteiger partial charge in [-0.05, 0) is 18.2 Å². The molecule has 0 aliphatic carbocycles. The highest BCUT2D eigenvalue weighted by Gasteiger charge is 2.41. The molecule has 0 fully saturated rings. The van der Waals surface area contributed by atoms with Crippen LogP contribution in [0, 0.1) is 0 Å². The zero-order chi connectivity index (χ0) is 17.4. The summed E-state index contributed by atoms with van der Waals surface area (Å²) in [5, 5.41) is 8.55. The first-order valence-electron chi connectivity index (χ1n) is 8.68. The summed E-state index contributed by atoms with van der Waals surface area (Å²) < 4.78 is 8.38. The van der Waals surface area contributed by atoms with Gasteiger partial charge in [-0.2, -0.15) is 4.68 Å². The summed E-state index contributed by atoms with van der Waals surface area (Å²) in [6.45, 7) is 0. The number of fused-ring (bicyclic) bond motifs is 1. The van der Waals surface area contributed by atoms with E-state index < -0.39 is 5.60 Å². The molecule has 0 N–H and O–H groups in total. The highest BCUT2D eigenvalue weighted by atomic mass is 16.5. The van der Waals surface area contributed by atoms with Gasteiger partial charge in [-0.15, -0.1) is 5.10 Å². The predicted octanol–water partition coefficient (Wildman–Crippen LogP) is 4.59. The molecule has 1 aromatic heterocycles. The molecule has 3 aromatic carbocycles. The van der Waals surface area contributed by atoms with Crippen molar-refractivity contribution in [3.63, 3.8) is 0 Å². The minimum Gasteiger partial charge on any atom is -0.461 e. The second-order valence-corrected chi connectivity index (χ2v) is 6.40. The third-order valence-corrected chi connectivity index (χ3v) is 4.88. The van der Waals surface area contributed by atoms with Crippen molar-refractivity contribution in [3.8, 4) is 0 Å². The van der Waals surface area contributed by atoms with Crippen LogP contribution in [-0.2, 0) is 10.3 Å². The molecule has 0 atom stereocenters. The van der Waals surface area contributed by atoms with Gasteiger partial charge in [0.25, 0.3) is 0 Å². The molecule has 5 rings (SSSR count). The predicted molar refractivity (Wildman–Crippen MR) is 101 cm³/mol. The Labute approximate surface area is 151 Å². The number of hydrogen-bond acceptors (Lipinski definition) is 3. The lowest BCUT2D eigenvalue weighted by Gasteiger charge is -2.31. The maximum Gasteiger partial charge on any atom is 0.213 e. The lowest BCUT2D eigenvalue weighted by Crippen LogP contribution is -2.27. The largest absolute Gasteiger partial charge is 0.461 e. The molecule has 1 aliphatic heterocycles. The standard InChI is InChI=1S/C22H17N3O/c1-3-9-17(10-4-1)22(18-11-5-2-6-12-18)16-15-21(26-22)25-20-14-8-7-13-19(20)23-24-25/h1-15H,16H2. The van der Waals surface area contributed by atoms with Crippen LogP contribution in [0.15, 0.2) is 91.0 Å². The molecule has 0 radical (unpaired) electrons. The molecule has 126 valence electrons. The van der Waals surface area contributed by atoms with Gasteiger partial charge in [-0.3, -0.25) is 0 Å². The zero-order valence-electron chi connectivity index (χ0n) is 14.1. The van der Waals surface area contributed by atoms with Gasteiger partial charge in [0.15, 0.2) is 5.60 Å². The first kappa shape index (κ1) is 14.9. The number of nitrogens with zero attached hydrogens (tertiary/aromatic N) is 3. The number of hydrogen-bond donors (Lipinski definition) is 0. The second-order valence-electron chi connectivity index (χ2n) is 6.40. The van der Waals surface area contributed by atoms with Crippen LogP contribution in [0.25, 0.3) is 16.9 Å². The van der Waals surface area contributed by atoms with Gasteiger partial charge < -0.3 is 4.74 Å². The van der Waals surface area contributed by atoms with Gasteiger partial charge in [0, 0.05) is 17.5 Å². The van der Waals surface area contributed by atoms with Gasteiger partial charge in [-0.1, -0.05) is 78.0 Å². The van der Waals surface area contributed by atoms with Crippen molar-refractivity contribution in [2.24, 2.45) is 0 Å². The van der Waals surface area contributed by atoms with Gasteiger partial charge in [0.05, 0.1) is 5.52 Å². The van der Waals surface area contributed by atoms with Crippen LogP contribution in [0.3, 0.4) is 0 Å². The SMILES string of the molecule is C1=C(n2nnc3ccccc32)OC(c2ccccc2)(c2ccccc2)C1. The average Bonchev–Trinajstić information content (AvgIpc) is 3.35. The van der Waals surface area contributed by atoms with E-state index in [1.165, 1.54) is 0 Å². The Hall–Kier alpha value is -3.40. The van der Waals surface area contributed by atoms with E-state index in [1.54, 1.807) is 4.68 Å². The molecule has 4 heteroatoms. The molecule has 4 aromatic rings. The highest BCUT2D eigenvalue weighted by Crippen LogP contribution is 2.44. The summed E-state index contributed by atoms with van der Waals surface area (Å²) in [6, 6.07) is 28.6. The normalized spacial score (nSPS) is 15.6. The molecule has 1 aliphatic rings. The molecule has 4 nitrogen and oxygen atoms in total. The van der Waals surface area contributed by atoms with Gasteiger partial charge in [-0.25, -0.2) is 0 Å². The van der Waals surface area contributed by atoms with Crippen molar-refractivity contribution in [3.05, 3.63) is 102 Å². The van der Waals surface area contributed by atoms with Crippen molar-refractivity contribution in [1.82, 2.24) is 15.0 Å². The van der Waals surface area contributed by atoms with Crippen LogP contribution in [0.1, 0.15) is 17.5 Å².